The highest BCUT2D eigenvalue weighted by Crippen LogP contribution is 2.12. The average Bonchev–Trinajstić information content (AvgIpc) is 3.18. The Balaban J connectivity index is 1.56. The molecule has 0 saturated heterocycles. The lowest BCUT2D eigenvalue weighted by molar-refractivity contribution is 0.495. The summed E-state index contributed by atoms with van der Waals surface area (Å²) in [5.74, 6) is 0. The summed E-state index contributed by atoms with van der Waals surface area (Å²) < 4.78 is 3.63. The third-order valence-corrected chi connectivity index (χ3v) is 4.32. The average molecular weight is 375 g/mol. The van der Waals surface area contributed by atoms with Gasteiger partial charge in [0.05, 0.1) is 30.7 Å². The molecule has 0 amide bonds. The highest BCUT2D eigenvalue weighted by Gasteiger charge is 2.09. The predicted octanol–water partition coefficient (Wildman–Crippen LogP) is 3.15. The summed E-state index contributed by atoms with van der Waals surface area (Å²) in [5, 5.41) is 13.3. The van der Waals surface area contributed by atoms with Gasteiger partial charge in [0.25, 0.3) is 0 Å². The van der Waals surface area contributed by atoms with Crippen LogP contribution in [0.25, 0.3) is 0 Å². The van der Waals surface area contributed by atoms with Crippen LogP contribution in [0.3, 0.4) is 0 Å². The monoisotopic (exact) mass is 374 g/mol. The van der Waals surface area contributed by atoms with E-state index in [0.29, 0.717) is 18.2 Å². The number of halogens is 1. The van der Waals surface area contributed by atoms with Gasteiger partial charge in [-0.25, -0.2) is 0 Å². The van der Waals surface area contributed by atoms with Gasteiger partial charge in [0.1, 0.15) is 0 Å². The number of aromatic nitrogens is 4. The molecule has 130 valence electrons. The lowest BCUT2D eigenvalue weighted by Crippen LogP contribution is -2.30. The number of nitrogens with zero attached hydrogens (tertiary/aromatic N) is 5. The molecule has 2 heterocycles. The number of hydrogen-bond acceptors (Lipinski definition) is 3. The Morgan fingerprint density at radius 2 is 2.04 bits per heavy atom. The molecule has 0 saturated carbocycles. The summed E-state index contributed by atoms with van der Waals surface area (Å²) >= 11 is 11.4. The van der Waals surface area contributed by atoms with E-state index < -0.39 is 0 Å². The van der Waals surface area contributed by atoms with Gasteiger partial charge < -0.3 is 10.2 Å². The summed E-state index contributed by atoms with van der Waals surface area (Å²) in [6, 6.07) is 9.70. The molecule has 1 aromatic carbocycles. The standard InChI is InChI=1S/C17H19ClN6S/c1-22(11-15-7-8-23(2)21-15)17(25)20-16-9-19-24(12-16)10-13-3-5-14(18)6-4-13/h3-9,12H,10-11H2,1-2H3,(H,20,25). The maximum Gasteiger partial charge on any atom is 0.173 e. The summed E-state index contributed by atoms with van der Waals surface area (Å²) in [5.41, 5.74) is 2.95. The third-order valence-electron chi connectivity index (χ3n) is 3.66. The highest BCUT2D eigenvalue weighted by atomic mass is 35.5. The Hall–Kier alpha value is -2.38. The Labute approximate surface area is 157 Å². The maximum absolute atomic E-state index is 5.91. The van der Waals surface area contributed by atoms with Crippen LogP contribution >= 0.6 is 23.8 Å². The van der Waals surface area contributed by atoms with Crippen molar-refractivity contribution >= 4 is 34.6 Å². The number of anilines is 1. The van der Waals surface area contributed by atoms with Crippen LogP contribution in [-0.2, 0) is 20.1 Å². The molecule has 0 radical (unpaired) electrons. The van der Waals surface area contributed by atoms with Gasteiger partial charge in [-0.3, -0.25) is 9.36 Å². The van der Waals surface area contributed by atoms with Crippen LogP contribution in [0.5, 0.6) is 0 Å². The van der Waals surface area contributed by atoms with Crippen LogP contribution in [0, 0.1) is 0 Å². The van der Waals surface area contributed by atoms with E-state index in [2.05, 4.69) is 15.5 Å². The number of rotatable bonds is 5. The van der Waals surface area contributed by atoms with Gasteiger partial charge >= 0.3 is 0 Å². The van der Waals surface area contributed by atoms with Gasteiger partial charge in [-0.15, -0.1) is 0 Å². The molecular formula is C17H19ClN6S. The minimum Gasteiger partial charge on any atom is -0.346 e. The topological polar surface area (TPSA) is 50.9 Å². The van der Waals surface area contributed by atoms with Crippen molar-refractivity contribution in [3.8, 4) is 0 Å². The third kappa shape index (κ3) is 4.80. The van der Waals surface area contributed by atoms with Crippen molar-refractivity contribution < 1.29 is 0 Å². The van der Waals surface area contributed by atoms with E-state index in [4.69, 9.17) is 23.8 Å². The number of hydrogen-bond donors (Lipinski definition) is 1. The Morgan fingerprint density at radius 1 is 1.28 bits per heavy atom. The molecule has 0 bridgehead atoms. The number of benzene rings is 1. The minimum atomic E-state index is 0.622. The van der Waals surface area contributed by atoms with E-state index >= 15 is 0 Å². The van der Waals surface area contributed by atoms with Crippen LogP contribution in [0.4, 0.5) is 5.69 Å². The van der Waals surface area contributed by atoms with Gasteiger partial charge in [0, 0.05) is 31.5 Å². The van der Waals surface area contributed by atoms with E-state index in [1.165, 1.54) is 0 Å². The van der Waals surface area contributed by atoms with Crippen molar-refractivity contribution in [1.29, 1.82) is 0 Å². The fraction of sp³-hybridized carbons (Fsp3) is 0.235. The first kappa shape index (κ1) is 17.4. The highest BCUT2D eigenvalue weighted by molar-refractivity contribution is 7.80. The summed E-state index contributed by atoms with van der Waals surface area (Å²) in [6.45, 7) is 1.32. The second-order valence-corrected chi connectivity index (χ2v) is 6.64. The van der Waals surface area contributed by atoms with Crippen LogP contribution in [0.1, 0.15) is 11.3 Å². The summed E-state index contributed by atoms with van der Waals surface area (Å²) in [4.78, 5) is 1.94. The van der Waals surface area contributed by atoms with Crippen molar-refractivity contribution in [3.05, 3.63) is 65.2 Å². The molecule has 2 aromatic heterocycles. The summed E-state index contributed by atoms with van der Waals surface area (Å²) in [7, 11) is 3.83. The van der Waals surface area contributed by atoms with E-state index in [-0.39, 0.29) is 0 Å². The second kappa shape index (κ2) is 7.67. The van der Waals surface area contributed by atoms with Crippen molar-refractivity contribution in [1.82, 2.24) is 24.5 Å². The fourth-order valence-electron chi connectivity index (χ4n) is 2.37. The molecule has 0 atom stereocenters. The zero-order chi connectivity index (χ0) is 17.8. The van der Waals surface area contributed by atoms with Gasteiger partial charge in [-0.05, 0) is 36.0 Å². The predicted molar refractivity (Wildman–Crippen MR) is 104 cm³/mol. The molecule has 0 aliphatic rings. The normalized spacial score (nSPS) is 10.7. The van der Waals surface area contributed by atoms with Crippen LogP contribution in [0.15, 0.2) is 48.9 Å². The van der Waals surface area contributed by atoms with Crippen molar-refractivity contribution in [2.45, 2.75) is 13.1 Å². The number of thiocarbonyl (C=S) groups is 1. The molecule has 0 unspecified atom stereocenters. The van der Waals surface area contributed by atoms with Crippen molar-refractivity contribution in [2.75, 3.05) is 12.4 Å². The largest absolute Gasteiger partial charge is 0.346 e. The molecule has 1 N–H and O–H groups in total. The number of nitrogens with one attached hydrogen (secondary N) is 1. The quantitative estimate of drug-likeness (QED) is 0.695. The van der Waals surface area contributed by atoms with Gasteiger partial charge in [-0.2, -0.15) is 10.2 Å². The SMILES string of the molecule is CN(Cc1ccn(C)n1)C(=S)Nc1cnn(Cc2ccc(Cl)cc2)c1. The molecule has 3 aromatic rings. The Kier molecular flexibility index (Phi) is 5.35. The van der Waals surface area contributed by atoms with E-state index in [0.717, 1.165) is 22.0 Å². The molecule has 6 nitrogen and oxygen atoms in total. The lowest BCUT2D eigenvalue weighted by Gasteiger charge is -2.19. The second-order valence-electron chi connectivity index (χ2n) is 5.82. The Morgan fingerprint density at radius 3 is 2.72 bits per heavy atom. The molecule has 25 heavy (non-hydrogen) atoms. The molecule has 0 spiro atoms. The Bertz CT molecular complexity index is 854. The first-order chi connectivity index (χ1) is 12.0. The molecular weight excluding hydrogens is 356 g/mol. The van der Waals surface area contributed by atoms with E-state index in [1.54, 1.807) is 10.9 Å². The zero-order valence-electron chi connectivity index (χ0n) is 14.1. The fourth-order valence-corrected chi connectivity index (χ4v) is 2.68. The van der Waals surface area contributed by atoms with Gasteiger partial charge in [-0.1, -0.05) is 23.7 Å². The first-order valence-corrected chi connectivity index (χ1v) is 8.56. The maximum atomic E-state index is 5.91. The summed E-state index contributed by atoms with van der Waals surface area (Å²) in [6.07, 6.45) is 5.60. The molecule has 0 aliphatic carbocycles. The van der Waals surface area contributed by atoms with Gasteiger partial charge in [0.15, 0.2) is 5.11 Å². The van der Waals surface area contributed by atoms with Crippen molar-refractivity contribution in [3.63, 3.8) is 0 Å². The van der Waals surface area contributed by atoms with E-state index in [9.17, 15) is 0 Å². The molecule has 3 rings (SSSR count). The van der Waals surface area contributed by atoms with Gasteiger partial charge in [0.2, 0.25) is 0 Å². The number of aryl methyl sites for hydroxylation is 1. The van der Waals surface area contributed by atoms with E-state index in [1.807, 2.05) is 66.4 Å². The molecule has 0 aliphatic heterocycles. The van der Waals surface area contributed by atoms with Crippen molar-refractivity contribution in [2.24, 2.45) is 7.05 Å². The molecule has 0 fully saturated rings. The van der Waals surface area contributed by atoms with Crippen LogP contribution in [0.2, 0.25) is 5.02 Å². The first-order valence-electron chi connectivity index (χ1n) is 7.77. The van der Waals surface area contributed by atoms with Crippen LogP contribution < -0.4 is 5.32 Å². The lowest BCUT2D eigenvalue weighted by atomic mass is 10.2. The van der Waals surface area contributed by atoms with Crippen LogP contribution in [-0.4, -0.2) is 36.6 Å². The molecule has 8 heteroatoms. The minimum absolute atomic E-state index is 0.622. The smallest absolute Gasteiger partial charge is 0.173 e. The zero-order valence-corrected chi connectivity index (χ0v) is 15.6.